The van der Waals surface area contributed by atoms with Crippen LogP contribution in [0.2, 0.25) is 0 Å². The van der Waals surface area contributed by atoms with Gasteiger partial charge in [-0.3, -0.25) is 0 Å². The highest BCUT2D eigenvalue weighted by molar-refractivity contribution is 9.10. The molecule has 4 heteroatoms. The normalized spacial score (nSPS) is 17.0. The molecule has 0 saturated heterocycles. The molecule has 0 unspecified atom stereocenters. The number of halogens is 1. The molecule has 2 rings (SSSR count). The zero-order valence-electron chi connectivity index (χ0n) is 13.2. The quantitative estimate of drug-likeness (QED) is 0.752. The minimum Gasteiger partial charge on any atom is -0.474 e. The van der Waals surface area contributed by atoms with E-state index in [1.807, 2.05) is 6.20 Å². The summed E-state index contributed by atoms with van der Waals surface area (Å²) in [5.41, 5.74) is 1.15. The molecule has 0 spiro atoms. The molecule has 1 N–H and O–H groups in total. The van der Waals surface area contributed by atoms with E-state index < -0.39 is 0 Å². The number of pyridine rings is 1. The third kappa shape index (κ3) is 5.95. The lowest BCUT2D eigenvalue weighted by molar-refractivity contribution is 0.174. The van der Waals surface area contributed by atoms with Crippen molar-refractivity contribution in [3.8, 4) is 5.88 Å². The summed E-state index contributed by atoms with van der Waals surface area (Å²) in [6.07, 6.45) is 9.74. The van der Waals surface area contributed by atoms with Crippen LogP contribution < -0.4 is 10.1 Å². The average Bonchev–Trinajstić information content (AvgIpc) is 2.70. The number of hydrogen-bond donors (Lipinski definition) is 1. The summed E-state index contributed by atoms with van der Waals surface area (Å²) in [5, 5.41) is 3.48. The maximum absolute atomic E-state index is 6.21. The first-order valence-electron chi connectivity index (χ1n) is 8.17. The predicted octanol–water partition coefficient (Wildman–Crippen LogP) is 4.69. The molecule has 0 radical (unpaired) electrons. The molecule has 118 valence electrons. The van der Waals surface area contributed by atoms with Crippen molar-refractivity contribution in [1.29, 1.82) is 0 Å². The van der Waals surface area contributed by atoms with E-state index in [0.29, 0.717) is 12.0 Å². The van der Waals surface area contributed by atoms with Crippen molar-refractivity contribution in [2.75, 3.05) is 6.54 Å². The molecule has 1 fully saturated rings. The third-order valence-electron chi connectivity index (χ3n) is 3.84. The Balaban J connectivity index is 1.99. The summed E-state index contributed by atoms with van der Waals surface area (Å²) >= 11 is 3.51. The zero-order chi connectivity index (χ0) is 15.1. The molecular weight excluding hydrogens is 328 g/mol. The summed E-state index contributed by atoms with van der Waals surface area (Å²) in [4.78, 5) is 4.49. The second-order valence-corrected chi connectivity index (χ2v) is 7.29. The molecule has 1 aromatic rings. The standard InChI is InChI=1S/C17H27BrN2O/c1-13(2)10-19-11-14-9-15(18)12-20-17(14)21-16-7-5-3-4-6-8-16/h9,12-13,16,19H,3-8,10-11H2,1-2H3. The minimum absolute atomic E-state index is 0.338. The Kier molecular flexibility index (Phi) is 6.97. The van der Waals surface area contributed by atoms with Crippen LogP contribution in [0.15, 0.2) is 16.7 Å². The highest BCUT2D eigenvalue weighted by atomic mass is 79.9. The van der Waals surface area contributed by atoms with Gasteiger partial charge >= 0.3 is 0 Å². The van der Waals surface area contributed by atoms with Crippen LogP contribution in [0.1, 0.15) is 57.9 Å². The van der Waals surface area contributed by atoms with Crippen molar-refractivity contribution < 1.29 is 4.74 Å². The van der Waals surface area contributed by atoms with Crippen molar-refractivity contribution in [2.24, 2.45) is 5.92 Å². The fraction of sp³-hybridized carbons (Fsp3) is 0.706. The van der Waals surface area contributed by atoms with Crippen LogP contribution in [0.3, 0.4) is 0 Å². The van der Waals surface area contributed by atoms with E-state index in [1.54, 1.807) is 0 Å². The molecule has 0 aromatic carbocycles. The Hall–Kier alpha value is -0.610. The number of nitrogens with one attached hydrogen (secondary N) is 1. The molecule has 1 saturated carbocycles. The summed E-state index contributed by atoms with van der Waals surface area (Å²) < 4.78 is 7.22. The van der Waals surface area contributed by atoms with Crippen LogP contribution in [-0.2, 0) is 6.54 Å². The highest BCUT2D eigenvalue weighted by Gasteiger charge is 2.16. The second-order valence-electron chi connectivity index (χ2n) is 6.37. The summed E-state index contributed by atoms with van der Waals surface area (Å²) in [5.74, 6) is 1.46. The summed E-state index contributed by atoms with van der Waals surface area (Å²) in [6, 6.07) is 2.12. The van der Waals surface area contributed by atoms with Crippen molar-refractivity contribution in [3.05, 3.63) is 22.3 Å². The van der Waals surface area contributed by atoms with Crippen LogP contribution in [0.4, 0.5) is 0 Å². The molecule has 0 amide bonds. The lowest BCUT2D eigenvalue weighted by Crippen LogP contribution is -2.21. The first kappa shape index (κ1) is 16.8. The number of rotatable bonds is 6. The SMILES string of the molecule is CC(C)CNCc1cc(Br)cnc1OC1CCCCCC1. The summed E-state index contributed by atoms with van der Waals surface area (Å²) in [7, 11) is 0. The number of ether oxygens (including phenoxy) is 1. The van der Waals surface area contributed by atoms with Gasteiger partial charge in [0, 0.05) is 22.8 Å². The van der Waals surface area contributed by atoms with E-state index in [1.165, 1.54) is 25.7 Å². The van der Waals surface area contributed by atoms with Gasteiger partial charge in [0.25, 0.3) is 0 Å². The van der Waals surface area contributed by atoms with Gasteiger partial charge in [-0.15, -0.1) is 0 Å². The Labute approximate surface area is 137 Å². The Morgan fingerprint density at radius 1 is 1.29 bits per heavy atom. The van der Waals surface area contributed by atoms with Crippen LogP contribution in [-0.4, -0.2) is 17.6 Å². The number of nitrogens with zero attached hydrogens (tertiary/aromatic N) is 1. The highest BCUT2D eigenvalue weighted by Crippen LogP contribution is 2.25. The van der Waals surface area contributed by atoms with Gasteiger partial charge in [-0.05, 0) is 60.1 Å². The van der Waals surface area contributed by atoms with E-state index in [-0.39, 0.29) is 0 Å². The monoisotopic (exact) mass is 354 g/mol. The van der Waals surface area contributed by atoms with Gasteiger partial charge in [-0.2, -0.15) is 0 Å². The first-order valence-corrected chi connectivity index (χ1v) is 8.96. The summed E-state index contributed by atoms with van der Waals surface area (Å²) in [6.45, 7) is 6.26. The zero-order valence-corrected chi connectivity index (χ0v) is 14.8. The van der Waals surface area contributed by atoms with Gasteiger partial charge < -0.3 is 10.1 Å². The van der Waals surface area contributed by atoms with Crippen molar-refractivity contribution >= 4 is 15.9 Å². The maximum atomic E-state index is 6.21. The van der Waals surface area contributed by atoms with E-state index in [4.69, 9.17) is 4.74 Å². The van der Waals surface area contributed by atoms with E-state index in [9.17, 15) is 0 Å². The predicted molar refractivity (Wildman–Crippen MR) is 90.6 cm³/mol. The average molecular weight is 355 g/mol. The molecule has 0 atom stereocenters. The largest absolute Gasteiger partial charge is 0.474 e. The van der Waals surface area contributed by atoms with E-state index >= 15 is 0 Å². The smallest absolute Gasteiger partial charge is 0.218 e. The van der Waals surface area contributed by atoms with Crippen LogP contribution in [0, 0.1) is 5.92 Å². The molecule has 1 heterocycles. The van der Waals surface area contributed by atoms with E-state index in [2.05, 4.69) is 46.1 Å². The van der Waals surface area contributed by atoms with Gasteiger partial charge in [0.05, 0.1) is 0 Å². The Bertz CT molecular complexity index is 429. The van der Waals surface area contributed by atoms with E-state index in [0.717, 1.165) is 41.8 Å². The fourth-order valence-corrected chi connectivity index (χ4v) is 3.09. The molecule has 3 nitrogen and oxygen atoms in total. The van der Waals surface area contributed by atoms with Gasteiger partial charge in [0.1, 0.15) is 6.10 Å². The minimum atomic E-state index is 0.338. The lowest BCUT2D eigenvalue weighted by atomic mass is 10.1. The lowest BCUT2D eigenvalue weighted by Gasteiger charge is -2.19. The van der Waals surface area contributed by atoms with Crippen molar-refractivity contribution in [3.63, 3.8) is 0 Å². The number of aromatic nitrogens is 1. The van der Waals surface area contributed by atoms with Crippen LogP contribution in [0.25, 0.3) is 0 Å². The molecule has 1 aromatic heterocycles. The van der Waals surface area contributed by atoms with Crippen molar-refractivity contribution in [1.82, 2.24) is 10.3 Å². The van der Waals surface area contributed by atoms with Crippen LogP contribution >= 0.6 is 15.9 Å². The maximum Gasteiger partial charge on any atom is 0.218 e. The molecule has 1 aliphatic rings. The van der Waals surface area contributed by atoms with Crippen molar-refractivity contribution in [2.45, 2.75) is 65.0 Å². The molecule has 0 aliphatic heterocycles. The molecular formula is C17H27BrN2O. The van der Waals surface area contributed by atoms with Gasteiger partial charge in [0.15, 0.2) is 0 Å². The second kappa shape index (κ2) is 8.74. The van der Waals surface area contributed by atoms with Gasteiger partial charge in [-0.25, -0.2) is 4.98 Å². The first-order chi connectivity index (χ1) is 10.1. The van der Waals surface area contributed by atoms with Gasteiger partial charge in [0.2, 0.25) is 5.88 Å². The number of hydrogen-bond acceptors (Lipinski definition) is 3. The van der Waals surface area contributed by atoms with Gasteiger partial charge in [-0.1, -0.05) is 26.7 Å². The fourth-order valence-electron chi connectivity index (χ4n) is 2.71. The van der Waals surface area contributed by atoms with Crippen LogP contribution in [0.5, 0.6) is 5.88 Å². The Morgan fingerprint density at radius 3 is 2.67 bits per heavy atom. The third-order valence-corrected chi connectivity index (χ3v) is 4.27. The molecule has 21 heavy (non-hydrogen) atoms. The molecule has 0 bridgehead atoms. The molecule has 1 aliphatic carbocycles. The Morgan fingerprint density at radius 2 is 2.00 bits per heavy atom. The topological polar surface area (TPSA) is 34.2 Å².